The summed E-state index contributed by atoms with van der Waals surface area (Å²) in [7, 11) is 0. The Morgan fingerprint density at radius 2 is 1.67 bits per heavy atom. The summed E-state index contributed by atoms with van der Waals surface area (Å²) < 4.78 is 7.06. The van der Waals surface area contributed by atoms with E-state index in [1.54, 1.807) is 10.7 Å². The third-order valence-corrected chi connectivity index (χ3v) is 5.48. The van der Waals surface area contributed by atoms with Gasteiger partial charge in [-0.3, -0.25) is 4.79 Å². The summed E-state index contributed by atoms with van der Waals surface area (Å²) in [6.45, 7) is 0.177. The van der Waals surface area contributed by atoms with Crippen LogP contribution in [0.1, 0.15) is 33.0 Å². The van der Waals surface area contributed by atoms with Crippen molar-refractivity contribution in [3.8, 4) is 16.9 Å². The highest BCUT2D eigenvalue weighted by atomic mass is 32.1. The minimum Gasteiger partial charge on any atom is -0.461 e. The van der Waals surface area contributed by atoms with Crippen LogP contribution in [0.15, 0.2) is 84.2 Å². The molecule has 4 rings (SSSR count). The molecule has 2 heterocycles. The Hall–Kier alpha value is -3.51. The average molecular weight is 417 g/mol. The molecule has 0 bridgehead atoms. The SMILES string of the molecule is O=C(CCCOC(=O)c1cc(-c2ccccc2)nn1-c1ccccc1)c1cccs1. The van der Waals surface area contributed by atoms with Crippen LogP contribution in [0, 0.1) is 0 Å². The molecule has 0 aliphatic carbocycles. The molecule has 2 aromatic carbocycles. The summed E-state index contributed by atoms with van der Waals surface area (Å²) in [5.41, 5.74) is 2.74. The monoisotopic (exact) mass is 416 g/mol. The van der Waals surface area contributed by atoms with Crippen LogP contribution >= 0.6 is 11.3 Å². The fraction of sp³-hybridized carbons (Fsp3) is 0.125. The number of para-hydroxylation sites is 1. The van der Waals surface area contributed by atoms with Crippen molar-refractivity contribution < 1.29 is 14.3 Å². The van der Waals surface area contributed by atoms with Crippen molar-refractivity contribution in [3.05, 3.63) is 94.8 Å². The lowest BCUT2D eigenvalue weighted by atomic mass is 10.1. The van der Waals surface area contributed by atoms with Crippen molar-refractivity contribution in [2.45, 2.75) is 12.8 Å². The molecule has 0 aliphatic heterocycles. The van der Waals surface area contributed by atoms with Gasteiger partial charge in [-0.1, -0.05) is 54.6 Å². The highest BCUT2D eigenvalue weighted by molar-refractivity contribution is 7.12. The van der Waals surface area contributed by atoms with Crippen LogP contribution in [0.5, 0.6) is 0 Å². The smallest absolute Gasteiger partial charge is 0.357 e. The first-order valence-corrected chi connectivity index (χ1v) is 10.5. The number of esters is 1. The topological polar surface area (TPSA) is 61.2 Å². The Bertz CT molecular complexity index is 1120. The quantitative estimate of drug-likeness (QED) is 0.219. The maximum Gasteiger partial charge on any atom is 0.357 e. The molecule has 5 nitrogen and oxygen atoms in total. The van der Waals surface area contributed by atoms with Gasteiger partial charge in [-0.25, -0.2) is 9.48 Å². The molecular weight excluding hydrogens is 396 g/mol. The van der Waals surface area contributed by atoms with E-state index in [-0.39, 0.29) is 12.4 Å². The summed E-state index contributed by atoms with van der Waals surface area (Å²) in [5, 5.41) is 6.50. The number of hydrogen-bond donors (Lipinski definition) is 0. The zero-order valence-corrected chi connectivity index (χ0v) is 17.0. The number of aromatic nitrogens is 2. The van der Waals surface area contributed by atoms with Crippen LogP contribution in [0.4, 0.5) is 0 Å². The number of nitrogens with zero attached hydrogens (tertiary/aromatic N) is 2. The predicted molar refractivity (Wildman–Crippen MR) is 117 cm³/mol. The highest BCUT2D eigenvalue weighted by Crippen LogP contribution is 2.22. The first kappa shape index (κ1) is 19.8. The molecule has 0 saturated heterocycles. The molecule has 0 fully saturated rings. The van der Waals surface area contributed by atoms with Gasteiger partial charge in [-0.2, -0.15) is 5.10 Å². The fourth-order valence-electron chi connectivity index (χ4n) is 3.07. The van der Waals surface area contributed by atoms with Gasteiger partial charge in [-0.15, -0.1) is 11.3 Å². The number of carbonyl (C=O) groups excluding carboxylic acids is 2. The number of thiophene rings is 1. The Morgan fingerprint density at radius 1 is 0.933 bits per heavy atom. The molecule has 0 aliphatic rings. The Kier molecular flexibility index (Phi) is 6.15. The minimum absolute atomic E-state index is 0.0711. The van der Waals surface area contributed by atoms with E-state index in [4.69, 9.17) is 4.74 Å². The first-order valence-electron chi connectivity index (χ1n) is 9.67. The lowest BCUT2D eigenvalue weighted by molar-refractivity contribution is 0.0484. The summed E-state index contributed by atoms with van der Waals surface area (Å²) in [5.74, 6) is -0.390. The molecule has 0 radical (unpaired) electrons. The van der Waals surface area contributed by atoms with Crippen molar-refractivity contribution >= 4 is 23.1 Å². The molecule has 0 N–H and O–H groups in total. The second-order valence-corrected chi connectivity index (χ2v) is 7.62. The van der Waals surface area contributed by atoms with E-state index >= 15 is 0 Å². The van der Waals surface area contributed by atoms with Crippen molar-refractivity contribution in [3.63, 3.8) is 0 Å². The summed E-state index contributed by atoms with van der Waals surface area (Å²) in [4.78, 5) is 25.6. The van der Waals surface area contributed by atoms with Crippen molar-refractivity contribution in [2.24, 2.45) is 0 Å². The molecule has 0 spiro atoms. The van der Waals surface area contributed by atoms with Gasteiger partial charge in [0.05, 0.1) is 22.9 Å². The van der Waals surface area contributed by atoms with Crippen LogP contribution < -0.4 is 0 Å². The number of hydrogen-bond acceptors (Lipinski definition) is 5. The highest BCUT2D eigenvalue weighted by Gasteiger charge is 2.19. The Labute approximate surface area is 178 Å². The van der Waals surface area contributed by atoms with Crippen molar-refractivity contribution in [1.82, 2.24) is 9.78 Å². The third kappa shape index (κ3) is 4.55. The third-order valence-electron chi connectivity index (χ3n) is 4.57. The molecule has 30 heavy (non-hydrogen) atoms. The number of carbonyl (C=O) groups is 2. The molecule has 0 saturated carbocycles. The van der Waals surface area contributed by atoms with Gasteiger partial charge >= 0.3 is 5.97 Å². The van der Waals surface area contributed by atoms with Crippen LogP contribution in [-0.2, 0) is 4.74 Å². The van der Waals surface area contributed by atoms with E-state index in [1.807, 2.05) is 78.2 Å². The molecule has 4 aromatic rings. The van der Waals surface area contributed by atoms with Crippen LogP contribution in [0.2, 0.25) is 0 Å². The lowest BCUT2D eigenvalue weighted by Gasteiger charge is -2.07. The molecule has 0 amide bonds. The maximum absolute atomic E-state index is 12.8. The van der Waals surface area contributed by atoms with Gasteiger partial charge in [0.2, 0.25) is 0 Å². The second-order valence-electron chi connectivity index (χ2n) is 6.67. The first-order chi connectivity index (χ1) is 14.7. The zero-order chi connectivity index (χ0) is 20.8. The number of ketones is 1. The molecule has 0 unspecified atom stereocenters. The minimum atomic E-state index is -0.461. The van der Waals surface area contributed by atoms with Gasteiger partial charge in [0.1, 0.15) is 0 Å². The van der Waals surface area contributed by atoms with E-state index in [0.717, 1.165) is 16.1 Å². The Morgan fingerprint density at radius 3 is 2.37 bits per heavy atom. The summed E-state index contributed by atoms with van der Waals surface area (Å²) in [6, 6.07) is 24.6. The van der Waals surface area contributed by atoms with Gasteiger partial charge in [0, 0.05) is 12.0 Å². The largest absolute Gasteiger partial charge is 0.461 e. The summed E-state index contributed by atoms with van der Waals surface area (Å²) >= 11 is 1.42. The lowest BCUT2D eigenvalue weighted by Crippen LogP contribution is -2.13. The molecule has 150 valence electrons. The van der Waals surface area contributed by atoms with E-state index in [0.29, 0.717) is 24.2 Å². The van der Waals surface area contributed by atoms with E-state index in [1.165, 1.54) is 11.3 Å². The van der Waals surface area contributed by atoms with Crippen molar-refractivity contribution in [1.29, 1.82) is 0 Å². The van der Waals surface area contributed by atoms with E-state index in [2.05, 4.69) is 5.10 Å². The van der Waals surface area contributed by atoms with Crippen LogP contribution in [0.3, 0.4) is 0 Å². The number of Topliss-reactive ketones (excluding diaryl/α,β-unsaturated/α-hetero) is 1. The summed E-state index contributed by atoms with van der Waals surface area (Å²) in [6.07, 6.45) is 0.828. The predicted octanol–water partition coefficient (Wildman–Crippen LogP) is 5.42. The van der Waals surface area contributed by atoms with E-state index in [9.17, 15) is 9.59 Å². The second kappa shape index (κ2) is 9.33. The van der Waals surface area contributed by atoms with Crippen molar-refractivity contribution in [2.75, 3.05) is 6.61 Å². The van der Waals surface area contributed by atoms with Gasteiger partial charge < -0.3 is 4.74 Å². The number of benzene rings is 2. The number of rotatable bonds is 8. The number of ether oxygens (including phenoxy) is 1. The zero-order valence-electron chi connectivity index (χ0n) is 16.2. The fourth-order valence-corrected chi connectivity index (χ4v) is 3.77. The molecular formula is C24H20N2O3S. The Balaban J connectivity index is 1.48. The van der Waals surface area contributed by atoms with E-state index < -0.39 is 5.97 Å². The molecule has 6 heteroatoms. The molecule has 2 aromatic heterocycles. The van der Waals surface area contributed by atoms with Gasteiger partial charge in [0.25, 0.3) is 0 Å². The maximum atomic E-state index is 12.8. The normalized spacial score (nSPS) is 10.7. The van der Waals surface area contributed by atoms with Crippen LogP contribution in [0.25, 0.3) is 16.9 Å². The van der Waals surface area contributed by atoms with Crippen LogP contribution in [-0.4, -0.2) is 28.1 Å². The van der Waals surface area contributed by atoms with Gasteiger partial charge in [-0.05, 0) is 36.1 Å². The average Bonchev–Trinajstić information content (AvgIpc) is 3.48. The molecule has 0 atom stereocenters. The van der Waals surface area contributed by atoms with Gasteiger partial charge in [0.15, 0.2) is 11.5 Å². The standard InChI is InChI=1S/C24H20N2O3S/c27-22(23-14-8-16-30-23)13-7-15-29-24(28)21-17-20(18-9-3-1-4-10-18)25-26(21)19-11-5-2-6-12-19/h1-6,8-12,14,16-17H,7,13,15H2.